The van der Waals surface area contributed by atoms with E-state index in [-0.39, 0.29) is 97.4 Å². The summed E-state index contributed by atoms with van der Waals surface area (Å²) >= 11 is 0. The maximum absolute atomic E-state index is 8.55. The average Bonchev–Trinajstić information content (AvgIpc) is 0.722. The molecule has 0 atom stereocenters. The molecule has 0 saturated heterocycles. The number of phosphoric acid groups is 1. The number of hydrogen-bond acceptors (Lipinski definition) is 4. The van der Waals surface area contributed by atoms with Crippen molar-refractivity contribution in [2.24, 2.45) is 0 Å². The minimum Gasteiger partial charge on any atom is -0.822 e. The smallest absolute Gasteiger partial charge is 0.822 e. The molecule has 11 nitrogen and oxygen atoms in total. The van der Waals surface area contributed by atoms with Gasteiger partial charge in [0.25, 0.3) is 0 Å². The quantitative estimate of drug-likeness (QED) is 0.304. The minimum absolute atomic E-state index is 0. The van der Waals surface area contributed by atoms with Gasteiger partial charge < -0.3 is 57.6 Å². The summed E-state index contributed by atoms with van der Waals surface area (Å²) in [6.45, 7) is 0. The van der Waals surface area contributed by atoms with Crippen molar-refractivity contribution in [1.29, 1.82) is 0 Å². The van der Waals surface area contributed by atoms with Crippen molar-refractivity contribution in [3.05, 3.63) is 0 Å². The Morgan fingerprint density at radius 3 is 0.571 bits per heavy atom. The van der Waals surface area contributed by atoms with Crippen molar-refractivity contribution >= 4 is 7.82 Å². The zero-order valence-electron chi connectivity index (χ0n) is 7.58. The van der Waals surface area contributed by atoms with Gasteiger partial charge in [0.15, 0.2) is 0 Å². The van der Waals surface area contributed by atoms with Crippen molar-refractivity contribution in [2.75, 3.05) is 0 Å². The first-order chi connectivity index (χ1) is 2.00. The summed E-state index contributed by atoms with van der Waals surface area (Å²) in [6, 6.07) is 0. The second kappa shape index (κ2) is 46.3. The third kappa shape index (κ3) is 680. The van der Waals surface area contributed by atoms with Gasteiger partial charge in [-0.2, -0.15) is 7.82 Å². The standard InChI is InChI=1S/2Na.H3O4P.7H2O/c;;1-5(2,3)4;;;;;;;/h;;(H3,1,2,3,4);7*1H2/q2*+1;;;;;;;;/p-3. The van der Waals surface area contributed by atoms with Crippen LogP contribution in [0.15, 0.2) is 0 Å². The summed E-state index contributed by atoms with van der Waals surface area (Å²) < 4.78 is 8.55. The fourth-order valence-corrected chi connectivity index (χ4v) is 0. The predicted molar refractivity (Wildman–Crippen MR) is 32.9 cm³/mol. The Hall–Kier alpha value is 1.83. The molecule has 14 N–H and O–H groups in total. The molecule has 0 rings (SSSR count). The van der Waals surface area contributed by atoms with Crippen LogP contribution >= 0.6 is 7.82 Å². The van der Waals surface area contributed by atoms with E-state index < -0.39 is 7.82 Å². The Bertz CT molecular complexity index is 59.4. The van der Waals surface area contributed by atoms with Gasteiger partial charge in [0.05, 0.1) is 0 Å². The Labute approximate surface area is 123 Å². The van der Waals surface area contributed by atoms with E-state index >= 15 is 0 Å². The molecule has 14 heteroatoms. The summed E-state index contributed by atoms with van der Waals surface area (Å²) in [5.41, 5.74) is 0. The van der Waals surface area contributed by atoms with Crippen LogP contribution in [0.2, 0.25) is 0 Å². The molecule has 0 radical (unpaired) electrons. The van der Waals surface area contributed by atoms with Crippen LogP contribution in [-0.2, 0) is 4.57 Å². The van der Waals surface area contributed by atoms with Crippen LogP contribution < -0.4 is 73.8 Å². The van der Waals surface area contributed by atoms with Gasteiger partial charge in [-0.05, 0) is 0 Å². The summed E-state index contributed by atoms with van der Waals surface area (Å²) in [5.74, 6) is 0. The first-order valence-electron chi connectivity index (χ1n) is 0.730. The number of rotatable bonds is 0. The molecule has 0 bridgehead atoms. The summed E-state index contributed by atoms with van der Waals surface area (Å²) in [6.07, 6.45) is 0. The van der Waals surface area contributed by atoms with Crippen LogP contribution in [0, 0.1) is 0 Å². The predicted octanol–water partition coefficient (Wildman–Crippen LogP) is -14.6. The van der Waals surface area contributed by atoms with Crippen molar-refractivity contribution in [3.8, 4) is 0 Å². The molecule has 0 aromatic rings. The SMILES string of the molecule is O.O.O.O.O.O.O.O=P([O-])([O-])[O-].[Na+].[Na+]. The average molecular weight is 267 g/mol. The minimum atomic E-state index is -5.39. The van der Waals surface area contributed by atoms with Crippen LogP contribution in [0.1, 0.15) is 0 Å². The maximum Gasteiger partial charge on any atom is 1.00 e. The molecular formula is H14Na2O11P-. The molecule has 0 aromatic heterocycles. The van der Waals surface area contributed by atoms with E-state index in [0.717, 1.165) is 0 Å². The molecule has 0 aliphatic rings. The Morgan fingerprint density at radius 1 is 0.571 bits per heavy atom. The Balaban J connectivity index is -0.00000000222. The van der Waals surface area contributed by atoms with E-state index in [9.17, 15) is 0 Å². The first-order valence-corrected chi connectivity index (χ1v) is 2.19. The van der Waals surface area contributed by atoms with Gasteiger partial charge in [-0.15, -0.1) is 0 Å². The zero-order chi connectivity index (χ0) is 4.50. The third-order valence-electron chi connectivity index (χ3n) is 0. The molecule has 0 aromatic carbocycles. The van der Waals surface area contributed by atoms with Crippen LogP contribution in [0.3, 0.4) is 0 Å². The van der Waals surface area contributed by atoms with E-state index in [1.807, 2.05) is 0 Å². The van der Waals surface area contributed by atoms with E-state index in [2.05, 4.69) is 0 Å². The van der Waals surface area contributed by atoms with Crippen molar-refractivity contribution in [3.63, 3.8) is 0 Å². The van der Waals surface area contributed by atoms with E-state index in [4.69, 9.17) is 19.2 Å². The maximum atomic E-state index is 8.55. The summed E-state index contributed by atoms with van der Waals surface area (Å²) in [7, 11) is -5.39. The van der Waals surface area contributed by atoms with Gasteiger partial charge >= 0.3 is 59.1 Å². The summed E-state index contributed by atoms with van der Waals surface area (Å²) in [5, 5.41) is 0. The molecule has 0 heterocycles. The molecular weight excluding hydrogens is 253 g/mol. The molecule has 14 heavy (non-hydrogen) atoms. The number of hydrogen-bond donors (Lipinski definition) is 0. The normalized spacial score (nSPS) is 4.21. The second-order valence-electron chi connectivity index (χ2n) is 0.447. The van der Waals surface area contributed by atoms with Gasteiger partial charge in [0.2, 0.25) is 0 Å². The Kier molecular flexibility index (Phi) is 339. The van der Waals surface area contributed by atoms with Crippen molar-refractivity contribution < 1.29 is 117 Å². The second-order valence-corrected chi connectivity index (χ2v) is 1.34. The van der Waals surface area contributed by atoms with Gasteiger partial charge in [-0.25, -0.2) is 0 Å². The van der Waals surface area contributed by atoms with Crippen LogP contribution in [0.25, 0.3) is 0 Å². The fourth-order valence-electron chi connectivity index (χ4n) is 0. The molecule has 0 amide bonds. The first kappa shape index (κ1) is 102. The largest absolute Gasteiger partial charge is 1.00 e. The fraction of sp³-hybridized carbons (Fsp3) is 0. The van der Waals surface area contributed by atoms with Crippen LogP contribution in [0.4, 0.5) is 0 Å². The van der Waals surface area contributed by atoms with Gasteiger partial charge in [-0.1, -0.05) is 0 Å². The van der Waals surface area contributed by atoms with Gasteiger partial charge in [0.1, 0.15) is 0 Å². The Morgan fingerprint density at radius 2 is 0.571 bits per heavy atom. The molecule has 0 saturated carbocycles. The van der Waals surface area contributed by atoms with Crippen molar-refractivity contribution in [1.82, 2.24) is 0 Å². The molecule has 0 spiro atoms. The topological polar surface area (TPSA) is 307 Å². The van der Waals surface area contributed by atoms with E-state index in [1.54, 1.807) is 0 Å². The molecule has 88 valence electrons. The van der Waals surface area contributed by atoms with Crippen LogP contribution in [0.5, 0.6) is 0 Å². The molecule has 0 aliphatic heterocycles. The van der Waals surface area contributed by atoms with Gasteiger partial charge in [0, 0.05) is 0 Å². The molecule has 0 aliphatic carbocycles. The third-order valence-corrected chi connectivity index (χ3v) is 0. The van der Waals surface area contributed by atoms with Crippen LogP contribution in [-0.4, -0.2) is 38.3 Å². The summed E-state index contributed by atoms with van der Waals surface area (Å²) in [4.78, 5) is 25.6. The van der Waals surface area contributed by atoms with E-state index in [0.29, 0.717) is 0 Å². The monoisotopic (exact) mass is 267 g/mol. The molecule has 0 unspecified atom stereocenters. The van der Waals surface area contributed by atoms with E-state index in [1.165, 1.54) is 0 Å². The molecule has 0 fully saturated rings. The van der Waals surface area contributed by atoms with Gasteiger partial charge in [-0.3, -0.25) is 0 Å². The zero-order valence-corrected chi connectivity index (χ0v) is 12.5. The van der Waals surface area contributed by atoms with Crippen molar-refractivity contribution in [2.45, 2.75) is 0 Å².